The summed E-state index contributed by atoms with van der Waals surface area (Å²) in [7, 11) is 1.47. The summed E-state index contributed by atoms with van der Waals surface area (Å²) >= 11 is 6.49. The molecule has 0 saturated carbocycles. The molecule has 6 nitrogen and oxygen atoms in total. The number of aromatic amines is 1. The number of carbonyl (C=O) groups is 1. The number of aromatic nitrogens is 2. The van der Waals surface area contributed by atoms with Gasteiger partial charge in [-0.1, -0.05) is 11.6 Å². The van der Waals surface area contributed by atoms with E-state index in [-0.39, 0.29) is 12.6 Å². The first-order valence-electron chi connectivity index (χ1n) is 8.75. The van der Waals surface area contributed by atoms with E-state index in [4.69, 9.17) is 16.3 Å². The van der Waals surface area contributed by atoms with Crippen molar-refractivity contribution in [3.05, 3.63) is 64.7 Å². The zero-order chi connectivity index (χ0) is 19.7. The maximum atomic E-state index is 13.6. The molecule has 0 bridgehead atoms. The number of nitrogens with one attached hydrogen (secondary N) is 2. The smallest absolute Gasteiger partial charge is 0.322 e. The number of carbonyl (C=O) groups excluding carboxylic acids is 1. The Balaban J connectivity index is 1.51. The number of nitrogens with zero attached hydrogens (tertiary/aromatic N) is 2. The number of anilines is 1. The number of fused-ring (bicyclic) bond motifs is 1. The molecule has 1 aliphatic rings. The van der Waals surface area contributed by atoms with Crippen LogP contribution in [0.4, 0.5) is 14.9 Å². The van der Waals surface area contributed by atoms with E-state index < -0.39 is 5.82 Å². The fourth-order valence-electron chi connectivity index (χ4n) is 3.39. The minimum Gasteiger partial charge on any atom is -0.497 e. The number of urea groups is 1. The molecule has 0 spiro atoms. The van der Waals surface area contributed by atoms with Crippen LogP contribution in [-0.4, -0.2) is 29.9 Å². The Morgan fingerprint density at radius 1 is 1.32 bits per heavy atom. The zero-order valence-electron chi connectivity index (χ0n) is 15.1. The van der Waals surface area contributed by atoms with Crippen LogP contribution in [0.5, 0.6) is 5.75 Å². The normalized spacial score (nSPS) is 12.8. The van der Waals surface area contributed by atoms with Gasteiger partial charge in [-0.2, -0.15) is 5.10 Å². The van der Waals surface area contributed by atoms with E-state index in [1.807, 2.05) is 12.1 Å². The van der Waals surface area contributed by atoms with Crippen LogP contribution in [0.15, 0.2) is 42.7 Å². The van der Waals surface area contributed by atoms with E-state index >= 15 is 0 Å². The molecule has 0 saturated heterocycles. The quantitative estimate of drug-likeness (QED) is 0.691. The monoisotopic (exact) mass is 400 g/mol. The topological polar surface area (TPSA) is 70.2 Å². The van der Waals surface area contributed by atoms with Crippen molar-refractivity contribution in [1.82, 2.24) is 15.5 Å². The van der Waals surface area contributed by atoms with E-state index in [0.29, 0.717) is 35.0 Å². The molecule has 4 rings (SSSR count). The van der Waals surface area contributed by atoms with Crippen molar-refractivity contribution >= 4 is 23.3 Å². The molecule has 2 heterocycles. The van der Waals surface area contributed by atoms with Gasteiger partial charge in [0.1, 0.15) is 11.6 Å². The van der Waals surface area contributed by atoms with Crippen LogP contribution in [0.2, 0.25) is 5.02 Å². The Labute approximate surface area is 166 Å². The number of amides is 2. The lowest BCUT2D eigenvalue weighted by Crippen LogP contribution is -2.38. The summed E-state index contributed by atoms with van der Waals surface area (Å²) in [6.45, 7) is 0.714. The third-order valence-electron chi connectivity index (χ3n) is 4.70. The van der Waals surface area contributed by atoms with Crippen molar-refractivity contribution in [1.29, 1.82) is 0 Å². The number of hydrogen-bond acceptors (Lipinski definition) is 3. The average Bonchev–Trinajstić information content (AvgIpc) is 3.35. The number of halogens is 2. The Morgan fingerprint density at radius 2 is 2.18 bits per heavy atom. The SMILES string of the molecule is COc1cc(F)cc(CNC(=O)N2CCc3cc(-c4cn[nH]c4)cc(Cl)c32)c1. The second kappa shape index (κ2) is 7.52. The van der Waals surface area contributed by atoms with Crippen molar-refractivity contribution < 1.29 is 13.9 Å². The molecule has 2 amide bonds. The Kier molecular flexibility index (Phi) is 4.92. The highest BCUT2D eigenvalue weighted by Crippen LogP contribution is 2.39. The lowest BCUT2D eigenvalue weighted by atomic mass is 10.0. The molecule has 8 heteroatoms. The second-order valence-corrected chi connectivity index (χ2v) is 6.92. The molecular weight excluding hydrogens is 383 g/mol. The number of ether oxygens (including phenoxy) is 1. The molecule has 28 heavy (non-hydrogen) atoms. The van der Waals surface area contributed by atoms with Crippen LogP contribution >= 0.6 is 11.6 Å². The Hall–Kier alpha value is -3.06. The van der Waals surface area contributed by atoms with Gasteiger partial charge in [-0.05, 0) is 47.4 Å². The van der Waals surface area contributed by atoms with Gasteiger partial charge in [-0.25, -0.2) is 9.18 Å². The standard InChI is InChI=1S/C20H18ClFN4O2/c1-28-17-5-12(4-16(22)8-17)9-23-20(27)26-3-2-13-6-14(7-18(21)19(13)26)15-10-24-25-11-15/h4-8,10-11H,2-3,9H2,1H3,(H,23,27)(H,24,25). The van der Waals surface area contributed by atoms with Gasteiger partial charge in [0.25, 0.3) is 0 Å². The third-order valence-corrected chi connectivity index (χ3v) is 4.99. The lowest BCUT2D eigenvalue weighted by Gasteiger charge is -2.20. The summed E-state index contributed by atoms with van der Waals surface area (Å²) in [4.78, 5) is 14.3. The van der Waals surface area contributed by atoms with Crippen LogP contribution in [0.3, 0.4) is 0 Å². The molecular formula is C20H18ClFN4O2. The summed E-state index contributed by atoms with van der Waals surface area (Å²) in [5.41, 5.74) is 4.22. The number of benzene rings is 2. The molecule has 144 valence electrons. The van der Waals surface area contributed by atoms with Crippen LogP contribution < -0.4 is 15.0 Å². The third kappa shape index (κ3) is 3.53. The van der Waals surface area contributed by atoms with E-state index in [0.717, 1.165) is 16.7 Å². The van der Waals surface area contributed by atoms with Gasteiger partial charge in [-0.15, -0.1) is 0 Å². The maximum absolute atomic E-state index is 13.6. The molecule has 0 atom stereocenters. The largest absolute Gasteiger partial charge is 0.497 e. The number of hydrogen-bond donors (Lipinski definition) is 2. The highest BCUT2D eigenvalue weighted by Gasteiger charge is 2.28. The Morgan fingerprint density at radius 3 is 2.93 bits per heavy atom. The van der Waals surface area contributed by atoms with Crippen molar-refractivity contribution in [3.63, 3.8) is 0 Å². The number of rotatable bonds is 4. The van der Waals surface area contributed by atoms with Crippen molar-refractivity contribution in [2.45, 2.75) is 13.0 Å². The minimum atomic E-state index is -0.412. The summed E-state index contributed by atoms with van der Waals surface area (Å²) in [5.74, 6) is -0.00414. The van der Waals surface area contributed by atoms with Gasteiger partial charge >= 0.3 is 6.03 Å². The molecule has 2 N–H and O–H groups in total. The zero-order valence-corrected chi connectivity index (χ0v) is 15.9. The fraction of sp³-hybridized carbons (Fsp3) is 0.200. The van der Waals surface area contributed by atoms with E-state index in [1.165, 1.54) is 19.2 Å². The average molecular weight is 401 g/mol. The first kappa shape index (κ1) is 18.3. The molecule has 1 aromatic heterocycles. The second-order valence-electron chi connectivity index (χ2n) is 6.51. The summed E-state index contributed by atoms with van der Waals surface area (Å²) in [5, 5.41) is 10.1. The van der Waals surface area contributed by atoms with Crippen molar-refractivity contribution in [2.24, 2.45) is 0 Å². The predicted molar refractivity (Wildman–Crippen MR) is 105 cm³/mol. The molecule has 0 unspecified atom stereocenters. The molecule has 0 fully saturated rings. The van der Waals surface area contributed by atoms with Gasteiger partial charge in [-0.3, -0.25) is 10.00 Å². The first-order chi connectivity index (χ1) is 13.5. The lowest BCUT2D eigenvalue weighted by molar-refractivity contribution is 0.246. The number of methoxy groups -OCH3 is 1. The van der Waals surface area contributed by atoms with E-state index in [9.17, 15) is 9.18 Å². The molecule has 2 aromatic carbocycles. The van der Waals surface area contributed by atoms with Gasteiger partial charge in [0.05, 0.1) is 24.0 Å². The molecule has 1 aliphatic heterocycles. The van der Waals surface area contributed by atoms with Crippen LogP contribution in [0, 0.1) is 5.82 Å². The molecule has 0 radical (unpaired) electrons. The molecule has 3 aromatic rings. The first-order valence-corrected chi connectivity index (χ1v) is 9.13. The fourth-order valence-corrected chi connectivity index (χ4v) is 3.73. The van der Waals surface area contributed by atoms with Crippen molar-refractivity contribution in [2.75, 3.05) is 18.6 Å². The van der Waals surface area contributed by atoms with Crippen LogP contribution in [0.1, 0.15) is 11.1 Å². The van der Waals surface area contributed by atoms with Crippen LogP contribution in [0.25, 0.3) is 11.1 Å². The summed E-state index contributed by atoms with van der Waals surface area (Å²) in [6, 6.07) is 7.92. The summed E-state index contributed by atoms with van der Waals surface area (Å²) < 4.78 is 18.7. The van der Waals surface area contributed by atoms with Gasteiger partial charge < -0.3 is 10.1 Å². The maximum Gasteiger partial charge on any atom is 0.322 e. The van der Waals surface area contributed by atoms with Crippen LogP contribution in [-0.2, 0) is 13.0 Å². The highest BCUT2D eigenvalue weighted by molar-refractivity contribution is 6.34. The van der Waals surface area contributed by atoms with E-state index in [2.05, 4.69) is 15.5 Å². The highest BCUT2D eigenvalue weighted by atomic mass is 35.5. The Bertz CT molecular complexity index is 1020. The minimum absolute atomic E-state index is 0.184. The molecule has 0 aliphatic carbocycles. The summed E-state index contributed by atoms with van der Waals surface area (Å²) in [6.07, 6.45) is 4.23. The number of H-pyrrole nitrogens is 1. The van der Waals surface area contributed by atoms with Gasteiger partial charge in [0.2, 0.25) is 0 Å². The van der Waals surface area contributed by atoms with Crippen molar-refractivity contribution in [3.8, 4) is 16.9 Å². The van der Waals surface area contributed by atoms with E-state index in [1.54, 1.807) is 23.4 Å². The van der Waals surface area contributed by atoms with Gasteiger partial charge in [0, 0.05) is 30.9 Å². The predicted octanol–water partition coefficient (Wildman–Crippen LogP) is 4.15. The van der Waals surface area contributed by atoms with Gasteiger partial charge in [0.15, 0.2) is 0 Å².